The minimum absolute atomic E-state index is 0.0129. The van der Waals surface area contributed by atoms with E-state index >= 15 is 0 Å². The van der Waals surface area contributed by atoms with Gasteiger partial charge in [0.15, 0.2) is 0 Å². The largest absolute Gasteiger partial charge is 0.355 e. The van der Waals surface area contributed by atoms with Gasteiger partial charge in [-0.25, -0.2) is 13.1 Å². The van der Waals surface area contributed by atoms with Gasteiger partial charge in [-0.15, -0.1) is 11.8 Å². The maximum atomic E-state index is 12.4. The second-order valence-electron chi connectivity index (χ2n) is 8.62. The number of carbonyl (C=O) groups excluding carboxylic acids is 1. The lowest BCUT2D eigenvalue weighted by Crippen LogP contribution is -2.46. The van der Waals surface area contributed by atoms with E-state index in [9.17, 15) is 13.2 Å². The summed E-state index contributed by atoms with van der Waals surface area (Å²) >= 11 is 1.77. The summed E-state index contributed by atoms with van der Waals surface area (Å²) < 4.78 is 26.6. The van der Waals surface area contributed by atoms with Crippen LogP contribution in [0, 0.1) is 19.8 Å². The van der Waals surface area contributed by atoms with E-state index in [2.05, 4.69) is 42.1 Å². The molecule has 158 valence electrons. The fourth-order valence-corrected chi connectivity index (χ4v) is 5.23. The number of thioether (sulfide) groups is 1. The van der Waals surface area contributed by atoms with E-state index in [1.807, 2.05) is 0 Å². The van der Waals surface area contributed by atoms with Crippen molar-refractivity contribution in [2.24, 2.45) is 5.92 Å². The Hall–Kier alpha value is -1.05. The summed E-state index contributed by atoms with van der Waals surface area (Å²) in [5.74, 6) is 0.927. The first-order valence-electron chi connectivity index (χ1n) is 10.00. The second kappa shape index (κ2) is 9.63. The Morgan fingerprint density at radius 3 is 2.39 bits per heavy atom. The van der Waals surface area contributed by atoms with E-state index in [0.717, 1.165) is 18.6 Å². The molecule has 0 radical (unpaired) electrons. The number of amides is 1. The third-order valence-corrected chi connectivity index (χ3v) is 8.86. The van der Waals surface area contributed by atoms with Crippen molar-refractivity contribution in [3.63, 3.8) is 0 Å². The van der Waals surface area contributed by atoms with Crippen molar-refractivity contribution in [3.8, 4) is 0 Å². The molecule has 0 bridgehead atoms. The first kappa shape index (κ1) is 23.2. The van der Waals surface area contributed by atoms with E-state index in [4.69, 9.17) is 0 Å². The fraction of sp³-hybridized carbons (Fsp3) is 0.667. The van der Waals surface area contributed by atoms with Crippen LogP contribution in [0.25, 0.3) is 0 Å². The molecule has 5 nitrogen and oxygen atoms in total. The van der Waals surface area contributed by atoms with E-state index in [1.165, 1.54) is 16.0 Å². The molecule has 1 amide bonds. The van der Waals surface area contributed by atoms with Gasteiger partial charge in [-0.3, -0.25) is 4.79 Å². The van der Waals surface area contributed by atoms with Gasteiger partial charge < -0.3 is 5.32 Å². The highest BCUT2D eigenvalue weighted by atomic mass is 32.2. The van der Waals surface area contributed by atoms with Gasteiger partial charge in [-0.2, -0.15) is 0 Å². The summed E-state index contributed by atoms with van der Waals surface area (Å²) in [4.78, 5) is 13.7. The van der Waals surface area contributed by atoms with Crippen LogP contribution in [0.5, 0.6) is 0 Å². The maximum absolute atomic E-state index is 12.4. The van der Waals surface area contributed by atoms with Crippen LogP contribution in [-0.4, -0.2) is 37.4 Å². The zero-order valence-corrected chi connectivity index (χ0v) is 19.3. The second-order valence-corrected chi connectivity index (χ2v) is 12.2. The molecule has 2 rings (SSSR count). The van der Waals surface area contributed by atoms with Crippen molar-refractivity contribution in [1.82, 2.24) is 10.0 Å². The van der Waals surface area contributed by atoms with Gasteiger partial charge >= 0.3 is 0 Å². The van der Waals surface area contributed by atoms with Gasteiger partial charge in [0.1, 0.15) is 0 Å². The zero-order chi connectivity index (χ0) is 20.9. The van der Waals surface area contributed by atoms with E-state index < -0.39 is 14.8 Å². The quantitative estimate of drug-likeness (QED) is 0.514. The molecule has 0 aromatic heterocycles. The molecule has 1 aromatic rings. The smallest absolute Gasteiger partial charge is 0.223 e. The molecule has 0 unspecified atom stereocenters. The number of carbonyl (C=O) groups is 1. The number of sulfonamides is 1. The molecule has 1 saturated carbocycles. The number of aryl methyl sites for hydroxylation is 1. The van der Waals surface area contributed by atoms with Crippen LogP contribution in [0.3, 0.4) is 0 Å². The minimum atomic E-state index is -3.34. The molecular formula is C21H34N2O3S2. The molecule has 7 heteroatoms. The van der Waals surface area contributed by atoms with Crippen molar-refractivity contribution in [2.75, 3.05) is 12.3 Å². The Kier molecular flexibility index (Phi) is 7.99. The number of rotatable bonds is 7. The highest BCUT2D eigenvalue weighted by Gasteiger charge is 2.33. The monoisotopic (exact) mass is 426 g/mol. The first-order valence-corrected chi connectivity index (χ1v) is 12.5. The van der Waals surface area contributed by atoms with Gasteiger partial charge in [0, 0.05) is 29.2 Å². The maximum Gasteiger partial charge on any atom is 0.223 e. The summed E-state index contributed by atoms with van der Waals surface area (Å²) in [5, 5.41) is 3.05. The summed E-state index contributed by atoms with van der Waals surface area (Å²) in [7, 11) is -3.34. The molecule has 1 aliphatic carbocycles. The Labute approximate surface area is 174 Å². The van der Waals surface area contributed by atoms with Crippen molar-refractivity contribution in [3.05, 3.63) is 29.3 Å². The highest BCUT2D eigenvalue weighted by molar-refractivity contribution is 7.99. The van der Waals surface area contributed by atoms with E-state index in [0.29, 0.717) is 19.4 Å². The van der Waals surface area contributed by atoms with Crippen LogP contribution < -0.4 is 10.0 Å². The summed E-state index contributed by atoms with van der Waals surface area (Å²) in [6, 6.07) is 6.23. The normalized spacial score (nSPS) is 20.8. The SMILES string of the molecule is Cc1cccc(SCCNC(=O)C2CCC(NS(=O)(=O)C(C)(C)C)CC2)c1C. The van der Waals surface area contributed by atoms with Crippen LogP contribution in [-0.2, 0) is 14.8 Å². The summed E-state index contributed by atoms with van der Waals surface area (Å²) in [6.07, 6.45) is 2.88. The van der Waals surface area contributed by atoms with Crippen LogP contribution in [0.4, 0.5) is 0 Å². The van der Waals surface area contributed by atoms with Gasteiger partial charge in [0.2, 0.25) is 15.9 Å². The molecule has 28 heavy (non-hydrogen) atoms. The zero-order valence-electron chi connectivity index (χ0n) is 17.7. The standard InChI is InChI=1S/C21H34N2O3S2/c1-15-7-6-8-19(16(15)2)27-14-13-22-20(24)17-9-11-18(12-10-17)23-28(25,26)21(3,4)5/h6-8,17-18,23H,9-14H2,1-5H3,(H,22,24). The predicted molar refractivity (Wildman–Crippen MR) is 117 cm³/mol. The average molecular weight is 427 g/mol. The number of hydrogen-bond acceptors (Lipinski definition) is 4. The lowest BCUT2D eigenvalue weighted by Gasteiger charge is -2.30. The molecule has 1 fully saturated rings. The Balaban J connectivity index is 1.71. The van der Waals surface area contributed by atoms with Gasteiger partial charge in [0.05, 0.1) is 4.75 Å². The van der Waals surface area contributed by atoms with Crippen LogP contribution >= 0.6 is 11.8 Å². The number of hydrogen-bond donors (Lipinski definition) is 2. The number of benzene rings is 1. The Morgan fingerprint density at radius 1 is 1.14 bits per heavy atom. The van der Waals surface area contributed by atoms with Gasteiger partial charge in [0.25, 0.3) is 0 Å². The Morgan fingerprint density at radius 2 is 1.79 bits per heavy atom. The summed E-state index contributed by atoms with van der Waals surface area (Å²) in [6.45, 7) is 9.98. The van der Waals surface area contributed by atoms with Gasteiger partial charge in [-0.1, -0.05) is 12.1 Å². The third kappa shape index (κ3) is 6.22. The highest BCUT2D eigenvalue weighted by Crippen LogP contribution is 2.27. The molecule has 1 aromatic carbocycles. The molecule has 0 atom stereocenters. The van der Waals surface area contributed by atoms with Crippen molar-refractivity contribution in [2.45, 2.75) is 76.0 Å². The van der Waals surface area contributed by atoms with Crippen molar-refractivity contribution < 1.29 is 13.2 Å². The lowest BCUT2D eigenvalue weighted by atomic mass is 9.86. The van der Waals surface area contributed by atoms with Crippen LogP contribution in [0.2, 0.25) is 0 Å². The molecule has 2 N–H and O–H groups in total. The van der Waals surface area contributed by atoms with E-state index in [1.54, 1.807) is 32.5 Å². The predicted octanol–water partition coefficient (Wildman–Crippen LogP) is 3.79. The first-order chi connectivity index (χ1) is 13.0. The average Bonchev–Trinajstić information content (AvgIpc) is 2.61. The van der Waals surface area contributed by atoms with E-state index in [-0.39, 0.29) is 17.9 Å². The molecule has 0 saturated heterocycles. The topological polar surface area (TPSA) is 75.3 Å². The number of nitrogens with one attached hydrogen (secondary N) is 2. The molecule has 0 aliphatic heterocycles. The van der Waals surface area contributed by atoms with Crippen molar-refractivity contribution in [1.29, 1.82) is 0 Å². The van der Waals surface area contributed by atoms with Crippen LogP contribution in [0.15, 0.2) is 23.1 Å². The van der Waals surface area contributed by atoms with Crippen molar-refractivity contribution >= 4 is 27.7 Å². The molecule has 0 spiro atoms. The fourth-order valence-electron chi connectivity index (χ4n) is 3.23. The molecule has 1 aliphatic rings. The molecular weight excluding hydrogens is 392 g/mol. The molecule has 0 heterocycles. The summed E-state index contributed by atoms with van der Waals surface area (Å²) in [5.41, 5.74) is 2.59. The third-order valence-electron chi connectivity index (χ3n) is 5.44. The Bertz CT molecular complexity index is 777. The van der Waals surface area contributed by atoms with Gasteiger partial charge in [-0.05, 0) is 77.5 Å². The lowest BCUT2D eigenvalue weighted by molar-refractivity contribution is -0.125. The van der Waals surface area contributed by atoms with Crippen LogP contribution in [0.1, 0.15) is 57.6 Å². The minimum Gasteiger partial charge on any atom is -0.355 e.